The molecular weight excluding hydrogens is 286 g/mol. The molecule has 0 aromatic carbocycles. The number of likely N-dealkylation sites (tertiary alicyclic amines) is 1. The van der Waals surface area contributed by atoms with E-state index in [0.29, 0.717) is 17.5 Å². The molecule has 5 nitrogen and oxygen atoms in total. The first-order valence-corrected chi connectivity index (χ1v) is 10.3. The Morgan fingerprint density at radius 1 is 1.00 bits per heavy atom. The zero-order valence-corrected chi connectivity index (χ0v) is 14.4. The van der Waals surface area contributed by atoms with E-state index in [1.807, 2.05) is 0 Å². The smallest absolute Gasteiger partial charge is 0.152 e. The molecule has 21 heavy (non-hydrogen) atoms. The van der Waals surface area contributed by atoms with Gasteiger partial charge < -0.3 is 9.80 Å². The Morgan fingerprint density at radius 2 is 1.57 bits per heavy atom. The van der Waals surface area contributed by atoms with Gasteiger partial charge in [0.15, 0.2) is 9.84 Å². The highest BCUT2D eigenvalue weighted by atomic mass is 32.2. The molecule has 0 aromatic heterocycles. The molecule has 0 bridgehead atoms. The lowest BCUT2D eigenvalue weighted by Gasteiger charge is -2.40. The van der Waals surface area contributed by atoms with Crippen LogP contribution in [0.1, 0.15) is 26.7 Å². The van der Waals surface area contributed by atoms with Gasteiger partial charge in [-0.3, -0.25) is 4.90 Å². The summed E-state index contributed by atoms with van der Waals surface area (Å²) in [4.78, 5) is 7.44. The van der Waals surface area contributed by atoms with Crippen LogP contribution in [0, 0.1) is 0 Å². The average Bonchev–Trinajstić information content (AvgIpc) is 2.49. The average molecular weight is 317 g/mol. The number of likely N-dealkylation sites (N-methyl/N-ethyl adjacent to an activating group) is 1. The monoisotopic (exact) mass is 317 g/mol. The summed E-state index contributed by atoms with van der Waals surface area (Å²) in [7, 11) is -2.75. The lowest BCUT2D eigenvalue weighted by molar-refractivity contribution is 0.107. The Balaban J connectivity index is 1.69. The second-order valence-corrected chi connectivity index (χ2v) is 8.59. The second kappa shape index (κ2) is 7.90. The van der Waals surface area contributed by atoms with Gasteiger partial charge in [0.2, 0.25) is 0 Å². The van der Waals surface area contributed by atoms with E-state index in [1.165, 1.54) is 25.9 Å². The summed E-state index contributed by atoms with van der Waals surface area (Å²) in [6, 6.07) is 0.602. The maximum Gasteiger partial charge on any atom is 0.152 e. The van der Waals surface area contributed by atoms with Crippen LogP contribution in [0.15, 0.2) is 0 Å². The van der Waals surface area contributed by atoms with Gasteiger partial charge in [0.1, 0.15) is 0 Å². The van der Waals surface area contributed by atoms with Crippen molar-refractivity contribution in [2.75, 3.05) is 63.9 Å². The Bertz CT molecular complexity index is 387. The number of hydrogen-bond acceptors (Lipinski definition) is 5. The molecule has 0 aromatic rings. The van der Waals surface area contributed by atoms with E-state index in [0.717, 1.165) is 39.3 Å². The predicted molar refractivity (Wildman–Crippen MR) is 87.5 cm³/mol. The van der Waals surface area contributed by atoms with Crippen molar-refractivity contribution in [3.05, 3.63) is 0 Å². The molecule has 2 aliphatic rings. The summed E-state index contributed by atoms with van der Waals surface area (Å²) < 4.78 is 23.0. The molecule has 2 rings (SSSR count). The lowest BCUT2D eigenvalue weighted by Crippen LogP contribution is -2.51. The molecule has 0 spiro atoms. The molecule has 0 unspecified atom stereocenters. The number of piperidine rings is 1. The second-order valence-electron chi connectivity index (χ2n) is 6.29. The van der Waals surface area contributed by atoms with Crippen molar-refractivity contribution in [3.8, 4) is 0 Å². The van der Waals surface area contributed by atoms with E-state index in [-0.39, 0.29) is 0 Å². The van der Waals surface area contributed by atoms with Crippen molar-refractivity contribution in [2.24, 2.45) is 0 Å². The van der Waals surface area contributed by atoms with Crippen LogP contribution in [-0.4, -0.2) is 93.0 Å². The topological polar surface area (TPSA) is 43.9 Å². The highest BCUT2D eigenvalue weighted by Crippen LogP contribution is 2.18. The van der Waals surface area contributed by atoms with Crippen LogP contribution in [0.3, 0.4) is 0 Å². The van der Waals surface area contributed by atoms with Crippen molar-refractivity contribution >= 4 is 9.84 Å². The van der Waals surface area contributed by atoms with Gasteiger partial charge in [0.25, 0.3) is 0 Å². The van der Waals surface area contributed by atoms with Crippen molar-refractivity contribution < 1.29 is 8.42 Å². The normalized spacial score (nSPS) is 25.5. The highest BCUT2D eigenvalue weighted by Gasteiger charge is 2.29. The molecule has 0 radical (unpaired) electrons. The zero-order chi connectivity index (χ0) is 15.3. The third-order valence-electron chi connectivity index (χ3n) is 5.08. The Labute approximate surface area is 130 Å². The lowest BCUT2D eigenvalue weighted by atomic mass is 10.0. The SMILES string of the molecule is CCN(CC)CCN1CCC(N2CCS(=O)(=O)CC2)CC1. The van der Waals surface area contributed by atoms with E-state index < -0.39 is 9.84 Å². The predicted octanol–water partition coefficient (Wildman–Crippen LogP) is 0.523. The summed E-state index contributed by atoms with van der Waals surface area (Å²) in [5, 5.41) is 0. The van der Waals surface area contributed by atoms with Gasteiger partial charge in [-0.1, -0.05) is 13.8 Å². The molecule has 0 aliphatic carbocycles. The molecule has 2 fully saturated rings. The van der Waals surface area contributed by atoms with Gasteiger partial charge in [-0.05, 0) is 39.0 Å². The van der Waals surface area contributed by atoms with Gasteiger partial charge in [0, 0.05) is 32.2 Å². The Morgan fingerprint density at radius 3 is 2.10 bits per heavy atom. The van der Waals surface area contributed by atoms with Crippen LogP contribution >= 0.6 is 0 Å². The molecule has 0 atom stereocenters. The van der Waals surface area contributed by atoms with Gasteiger partial charge in [-0.15, -0.1) is 0 Å². The first kappa shape index (κ1) is 17.2. The molecule has 0 saturated carbocycles. The van der Waals surface area contributed by atoms with Crippen molar-refractivity contribution in [1.82, 2.24) is 14.7 Å². The van der Waals surface area contributed by atoms with Crippen molar-refractivity contribution in [2.45, 2.75) is 32.7 Å². The fourth-order valence-corrected chi connectivity index (χ4v) is 4.65. The van der Waals surface area contributed by atoms with Crippen LogP contribution in [0.5, 0.6) is 0 Å². The molecule has 0 amide bonds. The molecule has 0 N–H and O–H groups in total. The van der Waals surface area contributed by atoms with Crippen molar-refractivity contribution in [3.63, 3.8) is 0 Å². The standard InChI is InChI=1S/C15H31N3O2S/c1-3-16(4-2)9-10-17-7-5-15(6-8-17)18-11-13-21(19,20)14-12-18/h15H,3-14H2,1-2H3. The minimum Gasteiger partial charge on any atom is -0.303 e. The summed E-state index contributed by atoms with van der Waals surface area (Å²) in [5.74, 6) is 0.713. The Kier molecular flexibility index (Phi) is 6.47. The number of rotatable bonds is 6. The van der Waals surface area contributed by atoms with Crippen LogP contribution in [0.4, 0.5) is 0 Å². The third-order valence-corrected chi connectivity index (χ3v) is 6.69. The van der Waals surface area contributed by atoms with Gasteiger partial charge in [0.05, 0.1) is 11.5 Å². The summed E-state index contributed by atoms with van der Waals surface area (Å²) >= 11 is 0. The number of hydrogen-bond donors (Lipinski definition) is 0. The maximum absolute atomic E-state index is 11.5. The maximum atomic E-state index is 11.5. The van der Waals surface area contributed by atoms with Crippen LogP contribution in [-0.2, 0) is 9.84 Å². The largest absolute Gasteiger partial charge is 0.303 e. The molecule has 2 saturated heterocycles. The summed E-state index contributed by atoms with van der Waals surface area (Å²) in [6.45, 7) is 12.9. The molecule has 2 heterocycles. The van der Waals surface area contributed by atoms with Gasteiger partial charge in [-0.2, -0.15) is 0 Å². The first-order valence-electron chi connectivity index (χ1n) is 8.43. The molecule has 124 valence electrons. The quantitative estimate of drug-likeness (QED) is 0.715. The van der Waals surface area contributed by atoms with Gasteiger partial charge in [-0.25, -0.2) is 8.42 Å². The molecular formula is C15H31N3O2S. The van der Waals surface area contributed by atoms with E-state index in [9.17, 15) is 8.42 Å². The van der Waals surface area contributed by atoms with E-state index in [2.05, 4.69) is 28.5 Å². The van der Waals surface area contributed by atoms with E-state index >= 15 is 0 Å². The van der Waals surface area contributed by atoms with Gasteiger partial charge >= 0.3 is 0 Å². The minimum atomic E-state index is -2.75. The Hall–Kier alpha value is -0.170. The fourth-order valence-electron chi connectivity index (χ4n) is 3.42. The van der Waals surface area contributed by atoms with Crippen molar-refractivity contribution in [1.29, 1.82) is 0 Å². The first-order chi connectivity index (χ1) is 10.0. The van der Waals surface area contributed by atoms with E-state index in [4.69, 9.17) is 0 Å². The highest BCUT2D eigenvalue weighted by molar-refractivity contribution is 7.91. The fraction of sp³-hybridized carbons (Fsp3) is 1.00. The molecule has 2 aliphatic heterocycles. The van der Waals surface area contributed by atoms with Crippen LogP contribution in [0.2, 0.25) is 0 Å². The zero-order valence-electron chi connectivity index (χ0n) is 13.6. The number of sulfone groups is 1. The van der Waals surface area contributed by atoms with Crippen LogP contribution in [0.25, 0.3) is 0 Å². The van der Waals surface area contributed by atoms with Crippen LogP contribution < -0.4 is 0 Å². The number of nitrogens with zero attached hydrogens (tertiary/aromatic N) is 3. The van der Waals surface area contributed by atoms with E-state index in [1.54, 1.807) is 0 Å². The third kappa shape index (κ3) is 5.20. The minimum absolute atomic E-state index is 0.356. The molecule has 6 heteroatoms. The summed E-state index contributed by atoms with van der Waals surface area (Å²) in [5.41, 5.74) is 0. The summed E-state index contributed by atoms with van der Waals surface area (Å²) in [6.07, 6.45) is 2.39.